The Kier molecular flexibility index (Phi) is 4.05. The van der Waals surface area contributed by atoms with Crippen LogP contribution in [0.1, 0.15) is 10.4 Å². The molecule has 0 saturated carbocycles. The molecule has 0 aliphatic rings. The molecule has 0 heterocycles. The fourth-order valence-corrected chi connectivity index (χ4v) is 2.66. The van der Waals surface area contributed by atoms with Crippen LogP contribution in [0.4, 0.5) is 0 Å². The first kappa shape index (κ1) is 12.4. The summed E-state index contributed by atoms with van der Waals surface area (Å²) in [6.45, 7) is 0. The second-order valence-electron chi connectivity index (χ2n) is 2.65. The third kappa shape index (κ3) is 2.47. The Bertz CT molecular complexity index is 410. The van der Waals surface area contributed by atoms with Crippen molar-refractivity contribution >= 4 is 29.7 Å². The first-order chi connectivity index (χ1) is 7.05. The van der Waals surface area contributed by atoms with E-state index in [1.807, 2.05) is 0 Å². The Morgan fingerprint density at radius 1 is 1.27 bits per heavy atom. The van der Waals surface area contributed by atoms with Crippen molar-refractivity contribution in [1.29, 1.82) is 0 Å². The lowest BCUT2D eigenvalue weighted by Gasteiger charge is -2.15. The molecule has 6 heteroatoms. The molecule has 0 amide bonds. The zero-order valence-electron chi connectivity index (χ0n) is 8.27. The second kappa shape index (κ2) is 4.90. The van der Waals surface area contributed by atoms with Crippen molar-refractivity contribution in [3.05, 3.63) is 29.8 Å². The molecule has 1 aromatic carbocycles. The summed E-state index contributed by atoms with van der Waals surface area (Å²) in [6.07, 6.45) is 0. The number of halogens is 1. The van der Waals surface area contributed by atoms with Crippen molar-refractivity contribution < 1.29 is 18.4 Å². The molecule has 1 rings (SSSR count). The highest BCUT2D eigenvalue weighted by molar-refractivity contribution is 7.62. The van der Waals surface area contributed by atoms with Crippen LogP contribution in [0.5, 0.6) is 0 Å². The van der Waals surface area contributed by atoms with E-state index in [9.17, 15) is 9.36 Å². The van der Waals surface area contributed by atoms with E-state index in [2.05, 4.69) is 0 Å². The van der Waals surface area contributed by atoms with Crippen molar-refractivity contribution in [2.75, 3.05) is 14.2 Å². The number of carbonyl (C=O) groups excluding carboxylic acids is 1. The number of benzene rings is 1. The Hall–Kier alpha value is -0.670. The Balaban J connectivity index is 3.36. The van der Waals surface area contributed by atoms with Crippen molar-refractivity contribution in [3.63, 3.8) is 0 Å². The topological polar surface area (TPSA) is 52.6 Å². The summed E-state index contributed by atoms with van der Waals surface area (Å²) in [4.78, 5) is 11.1. The molecule has 0 aliphatic heterocycles. The van der Waals surface area contributed by atoms with Gasteiger partial charge >= 0.3 is 7.60 Å². The van der Waals surface area contributed by atoms with Crippen LogP contribution in [0, 0.1) is 0 Å². The monoisotopic (exact) mass is 248 g/mol. The predicted octanol–water partition coefficient (Wildman–Crippen LogP) is 2.18. The summed E-state index contributed by atoms with van der Waals surface area (Å²) in [7, 11) is -0.931. The van der Waals surface area contributed by atoms with Gasteiger partial charge in [-0.25, -0.2) is 0 Å². The van der Waals surface area contributed by atoms with Gasteiger partial charge in [0.15, 0.2) is 0 Å². The summed E-state index contributed by atoms with van der Waals surface area (Å²) in [5.41, 5.74) is 0.131. The highest BCUT2D eigenvalue weighted by Gasteiger charge is 2.29. The average Bonchev–Trinajstić information content (AvgIpc) is 2.28. The van der Waals surface area contributed by atoms with Gasteiger partial charge in [-0.2, -0.15) is 0 Å². The molecule has 82 valence electrons. The van der Waals surface area contributed by atoms with E-state index in [1.54, 1.807) is 12.1 Å². The summed E-state index contributed by atoms with van der Waals surface area (Å²) in [5, 5.41) is -0.519. The Labute approximate surface area is 92.7 Å². The number of hydrogen-bond donors (Lipinski definition) is 0. The maximum Gasteiger partial charge on any atom is 0.361 e. The van der Waals surface area contributed by atoms with Gasteiger partial charge in [-0.15, -0.1) is 0 Å². The molecular formula is C9H10ClO4P. The maximum absolute atomic E-state index is 12.0. The molecule has 0 unspecified atom stereocenters. The normalized spacial score (nSPS) is 11.4. The Morgan fingerprint density at radius 3 is 2.27 bits per heavy atom. The molecule has 0 spiro atoms. The molecule has 0 N–H and O–H groups in total. The van der Waals surface area contributed by atoms with Gasteiger partial charge in [-0.3, -0.25) is 9.36 Å². The molecule has 1 aromatic rings. The van der Waals surface area contributed by atoms with Gasteiger partial charge in [0.2, 0.25) is 0 Å². The van der Waals surface area contributed by atoms with E-state index in [0.29, 0.717) is 0 Å². The number of rotatable bonds is 4. The van der Waals surface area contributed by atoms with Crippen LogP contribution >= 0.6 is 19.2 Å². The smallest absolute Gasteiger partial charge is 0.309 e. The van der Waals surface area contributed by atoms with Gasteiger partial charge in [0, 0.05) is 19.8 Å². The molecule has 0 aliphatic carbocycles. The third-order valence-corrected chi connectivity index (χ3v) is 4.04. The van der Waals surface area contributed by atoms with E-state index in [4.69, 9.17) is 20.6 Å². The minimum absolute atomic E-state index is 0.131. The summed E-state index contributed by atoms with van der Waals surface area (Å²) >= 11 is 5.36. The predicted molar refractivity (Wildman–Crippen MR) is 57.9 cm³/mol. The van der Waals surface area contributed by atoms with E-state index in [1.165, 1.54) is 26.4 Å². The fourth-order valence-electron chi connectivity index (χ4n) is 1.15. The largest absolute Gasteiger partial charge is 0.361 e. The van der Waals surface area contributed by atoms with Crippen molar-refractivity contribution in [3.8, 4) is 0 Å². The zero-order valence-corrected chi connectivity index (χ0v) is 9.92. The molecule has 0 radical (unpaired) electrons. The SMILES string of the molecule is COP(=O)(OC)c1ccccc1C(=O)Cl. The molecule has 0 aromatic heterocycles. The van der Waals surface area contributed by atoms with Gasteiger partial charge in [0.05, 0.1) is 5.30 Å². The van der Waals surface area contributed by atoms with Gasteiger partial charge < -0.3 is 9.05 Å². The minimum atomic E-state index is -3.43. The molecule has 4 nitrogen and oxygen atoms in total. The van der Waals surface area contributed by atoms with Crippen LogP contribution in [-0.2, 0) is 13.6 Å². The molecule has 0 saturated heterocycles. The number of carbonyl (C=O) groups is 1. The van der Waals surface area contributed by atoms with Crippen molar-refractivity contribution in [1.82, 2.24) is 0 Å². The third-order valence-electron chi connectivity index (χ3n) is 1.89. The summed E-state index contributed by atoms with van der Waals surface area (Å²) in [6, 6.07) is 6.21. The first-order valence-electron chi connectivity index (χ1n) is 4.06. The quantitative estimate of drug-likeness (QED) is 0.605. The standard InChI is InChI=1S/C9H10ClO4P/c1-13-15(12,14-2)8-6-4-3-5-7(8)9(10)11/h3-6H,1-2H3. The fraction of sp³-hybridized carbons (Fsp3) is 0.222. The lowest BCUT2D eigenvalue weighted by molar-refractivity contribution is 0.108. The van der Waals surface area contributed by atoms with E-state index in [-0.39, 0.29) is 10.9 Å². The van der Waals surface area contributed by atoms with Crippen LogP contribution in [0.2, 0.25) is 0 Å². The van der Waals surface area contributed by atoms with E-state index >= 15 is 0 Å². The molecular weight excluding hydrogens is 239 g/mol. The molecule has 0 fully saturated rings. The van der Waals surface area contributed by atoms with Crippen molar-refractivity contribution in [2.45, 2.75) is 0 Å². The summed E-state index contributed by atoms with van der Waals surface area (Å²) in [5.74, 6) is 0. The van der Waals surface area contributed by atoms with Crippen LogP contribution < -0.4 is 5.30 Å². The average molecular weight is 249 g/mol. The van der Waals surface area contributed by atoms with Gasteiger partial charge in [0.25, 0.3) is 5.24 Å². The highest BCUT2D eigenvalue weighted by atomic mass is 35.5. The lowest BCUT2D eigenvalue weighted by Crippen LogP contribution is -2.15. The Morgan fingerprint density at radius 2 is 1.80 bits per heavy atom. The van der Waals surface area contributed by atoms with Crippen LogP contribution in [0.15, 0.2) is 24.3 Å². The van der Waals surface area contributed by atoms with Gasteiger partial charge in [0.1, 0.15) is 0 Å². The van der Waals surface area contributed by atoms with Gasteiger partial charge in [-0.05, 0) is 23.7 Å². The minimum Gasteiger partial charge on any atom is -0.309 e. The molecule has 15 heavy (non-hydrogen) atoms. The van der Waals surface area contributed by atoms with Crippen LogP contribution in [0.3, 0.4) is 0 Å². The highest BCUT2D eigenvalue weighted by Crippen LogP contribution is 2.46. The van der Waals surface area contributed by atoms with Crippen LogP contribution in [0.25, 0.3) is 0 Å². The maximum atomic E-state index is 12.0. The van der Waals surface area contributed by atoms with Crippen LogP contribution in [-0.4, -0.2) is 19.5 Å². The molecule has 0 atom stereocenters. The lowest BCUT2D eigenvalue weighted by atomic mass is 10.2. The zero-order chi connectivity index (χ0) is 11.5. The molecule has 0 bridgehead atoms. The van der Waals surface area contributed by atoms with E-state index < -0.39 is 12.8 Å². The van der Waals surface area contributed by atoms with E-state index in [0.717, 1.165) is 0 Å². The first-order valence-corrected chi connectivity index (χ1v) is 5.98. The second-order valence-corrected chi connectivity index (χ2v) is 5.20. The number of hydrogen-bond acceptors (Lipinski definition) is 4. The van der Waals surface area contributed by atoms with Crippen molar-refractivity contribution in [2.24, 2.45) is 0 Å². The van der Waals surface area contributed by atoms with Gasteiger partial charge in [-0.1, -0.05) is 12.1 Å². The summed E-state index contributed by atoms with van der Waals surface area (Å²) < 4.78 is 21.6.